The first-order valence-electron chi connectivity index (χ1n) is 8.82. The molecule has 0 saturated carbocycles. The largest absolute Gasteiger partial charge is 0.489 e. The lowest BCUT2D eigenvalue weighted by atomic mass is 9.93. The first-order chi connectivity index (χ1) is 13.1. The van der Waals surface area contributed by atoms with Crippen LogP contribution in [0.25, 0.3) is 11.1 Å². The number of aryl methyl sites for hydroxylation is 1. The maximum absolute atomic E-state index is 13.3. The molecular formula is C22H19Cl2F3O. The van der Waals surface area contributed by atoms with Crippen molar-refractivity contribution in [2.45, 2.75) is 33.1 Å². The Kier molecular flexibility index (Phi) is 6.11. The van der Waals surface area contributed by atoms with Crippen molar-refractivity contribution >= 4 is 34.3 Å². The van der Waals surface area contributed by atoms with Crippen molar-refractivity contribution in [1.82, 2.24) is 0 Å². The summed E-state index contributed by atoms with van der Waals surface area (Å²) in [5, 5.41) is 2.07. The zero-order valence-corrected chi connectivity index (χ0v) is 16.9. The lowest BCUT2D eigenvalue weighted by Gasteiger charge is -2.19. The number of benzene rings is 2. The Bertz CT molecular complexity index is 1040. The standard InChI is InChI=1S/C22H19Cl2F3O/c1-13-3-6-16-7-5-15(12-28-17-8-4-14(2)20(23)10-17)9-18(16)21(24)11-19(13)22(25,26)27/h4-11,13H,3,12H2,1-2H3/b16-6+,19-11+,21-18+. The molecular weight excluding hydrogens is 408 g/mol. The molecule has 0 N–H and O–H groups in total. The van der Waals surface area contributed by atoms with Crippen LogP contribution < -0.4 is 15.2 Å². The van der Waals surface area contributed by atoms with Gasteiger partial charge in [0, 0.05) is 20.8 Å². The van der Waals surface area contributed by atoms with E-state index < -0.39 is 17.7 Å². The van der Waals surface area contributed by atoms with Gasteiger partial charge < -0.3 is 4.74 Å². The number of ether oxygens (including phenoxy) is 1. The second kappa shape index (κ2) is 8.22. The number of allylic oxidation sites excluding steroid dienone is 2. The van der Waals surface area contributed by atoms with Crippen LogP contribution in [0.4, 0.5) is 13.2 Å². The summed E-state index contributed by atoms with van der Waals surface area (Å²) < 4.78 is 45.7. The SMILES string of the molecule is Cc1ccc(OCc2ccc3/c(c2)=C(Cl)\C=C(\C(F)(F)F)C(C)C/C=3)cc1Cl. The predicted molar refractivity (Wildman–Crippen MR) is 108 cm³/mol. The monoisotopic (exact) mass is 426 g/mol. The molecule has 6 heteroatoms. The molecule has 1 aliphatic carbocycles. The molecule has 0 amide bonds. The summed E-state index contributed by atoms with van der Waals surface area (Å²) >= 11 is 12.4. The topological polar surface area (TPSA) is 9.23 Å². The summed E-state index contributed by atoms with van der Waals surface area (Å²) in [4.78, 5) is 0. The van der Waals surface area contributed by atoms with E-state index in [1.807, 2.05) is 31.2 Å². The van der Waals surface area contributed by atoms with Gasteiger partial charge in [0.15, 0.2) is 0 Å². The molecule has 0 heterocycles. The molecule has 1 aliphatic rings. The molecule has 2 aromatic rings. The summed E-state index contributed by atoms with van der Waals surface area (Å²) in [6, 6.07) is 10.9. The molecule has 28 heavy (non-hydrogen) atoms. The average Bonchev–Trinajstić information content (AvgIpc) is 2.63. The van der Waals surface area contributed by atoms with E-state index in [-0.39, 0.29) is 11.6 Å². The number of rotatable bonds is 3. The molecule has 2 aromatic carbocycles. The zero-order valence-electron chi connectivity index (χ0n) is 15.4. The number of halogens is 5. The summed E-state index contributed by atoms with van der Waals surface area (Å²) in [6.45, 7) is 3.71. The van der Waals surface area contributed by atoms with Crippen LogP contribution in [0, 0.1) is 12.8 Å². The van der Waals surface area contributed by atoms with Crippen molar-refractivity contribution in [3.63, 3.8) is 0 Å². The van der Waals surface area contributed by atoms with E-state index in [0.29, 0.717) is 22.4 Å². The molecule has 0 radical (unpaired) electrons. The summed E-state index contributed by atoms with van der Waals surface area (Å²) in [5.41, 5.74) is 1.14. The van der Waals surface area contributed by atoms with E-state index in [2.05, 4.69) is 0 Å². The molecule has 1 atom stereocenters. The molecule has 0 aliphatic heterocycles. The van der Waals surface area contributed by atoms with Crippen LogP contribution in [0.2, 0.25) is 5.02 Å². The third-order valence-corrected chi connectivity index (χ3v) is 5.48. The minimum absolute atomic E-state index is 0.0744. The van der Waals surface area contributed by atoms with E-state index in [1.165, 1.54) is 0 Å². The van der Waals surface area contributed by atoms with Crippen molar-refractivity contribution in [1.29, 1.82) is 0 Å². The van der Waals surface area contributed by atoms with E-state index in [1.54, 1.807) is 25.1 Å². The molecule has 148 valence electrons. The zero-order chi connectivity index (χ0) is 20.5. The second-order valence-corrected chi connectivity index (χ2v) is 7.72. The van der Waals surface area contributed by atoms with Gasteiger partial charge in [0.2, 0.25) is 0 Å². The quantitative estimate of drug-likeness (QED) is 0.594. The highest BCUT2D eigenvalue weighted by Gasteiger charge is 2.36. The van der Waals surface area contributed by atoms with E-state index >= 15 is 0 Å². The molecule has 0 spiro atoms. The van der Waals surface area contributed by atoms with E-state index in [9.17, 15) is 13.2 Å². The van der Waals surface area contributed by atoms with Gasteiger partial charge in [0.25, 0.3) is 0 Å². The Morgan fingerprint density at radius 1 is 1.11 bits per heavy atom. The number of hydrogen-bond donors (Lipinski definition) is 0. The normalized spacial score (nSPS) is 22.2. The van der Waals surface area contributed by atoms with E-state index in [0.717, 1.165) is 22.4 Å². The van der Waals surface area contributed by atoms with Crippen molar-refractivity contribution in [2.75, 3.05) is 0 Å². The minimum Gasteiger partial charge on any atom is -0.489 e. The fraction of sp³-hybridized carbons (Fsp3) is 0.273. The Labute approximate surface area is 171 Å². The van der Waals surface area contributed by atoms with Gasteiger partial charge in [-0.3, -0.25) is 0 Å². The van der Waals surface area contributed by atoms with Crippen LogP contribution in [0.5, 0.6) is 5.75 Å². The van der Waals surface area contributed by atoms with Crippen LogP contribution in [0.15, 0.2) is 48.0 Å². The molecule has 1 unspecified atom stereocenters. The third-order valence-electron chi connectivity index (χ3n) is 4.76. The lowest BCUT2D eigenvalue weighted by molar-refractivity contribution is -0.0980. The first kappa shape index (κ1) is 20.8. The van der Waals surface area contributed by atoms with Crippen molar-refractivity contribution in [2.24, 2.45) is 5.92 Å². The summed E-state index contributed by atoms with van der Waals surface area (Å²) in [5.74, 6) is -0.0340. The average molecular weight is 427 g/mol. The van der Waals surface area contributed by atoms with Gasteiger partial charge in [-0.25, -0.2) is 0 Å². The molecule has 0 saturated heterocycles. The van der Waals surface area contributed by atoms with Crippen LogP contribution >= 0.6 is 23.2 Å². The highest BCUT2D eigenvalue weighted by Crippen LogP contribution is 2.35. The summed E-state index contributed by atoms with van der Waals surface area (Å²) in [7, 11) is 0. The van der Waals surface area contributed by atoms with Crippen LogP contribution in [-0.2, 0) is 6.61 Å². The Morgan fingerprint density at radius 2 is 1.86 bits per heavy atom. The molecule has 0 bridgehead atoms. The molecule has 0 fully saturated rings. The number of alkyl halides is 3. The van der Waals surface area contributed by atoms with Gasteiger partial charge in [0.05, 0.1) is 0 Å². The Balaban J connectivity index is 1.95. The highest BCUT2D eigenvalue weighted by molar-refractivity contribution is 6.47. The number of fused-ring (bicyclic) bond motifs is 1. The molecule has 0 aromatic heterocycles. The van der Waals surface area contributed by atoms with Gasteiger partial charge >= 0.3 is 6.18 Å². The van der Waals surface area contributed by atoms with Gasteiger partial charge in [0.1, 0.15) is 12.4 Å². The lowest BCUT2D eigenvalue weighted by Crippen LogP contribution is -2.29. The molecule has 3 rings (SSSR count). The maximum Gasteiger partial charge on any atom is 0.413 e. The number of hydrogen-bond acceptors (Lipinski definition) is 1. The summed E-state index contributed by atoms with van der Waals surface area (Å²) in [6.07, 6.45) is -1.27. The Hall–Kier alpha value is -1.91. The van der Waals surface area contributed by atoms with Crippen molar-refractivity contribution in [3.05, 3.63) is 74.6 Å². The van der Waals surface area contributed by atoms with Gasteiger partial charge in [-0.15, -0.1) is 0 Å². The van der Waals surface area contributed by atoms with Gasteiger partial charge in [-0.2, -0.15) is 13.2 Å². The fourth-order valence-electron chi connectivity index (χ4n) is 3.06. The van der Waals surface area contributed by atoms with E-state index in [4.69, 9.17) is 27.9 Å². The van der Waals surface area contributed by atoms with Crippen molar-refractivity contribution in [3.8, 4) is 5.75 Å². The minimum atomic E-state index is -4.41. The van der Waals surface area contributed by atoms with Crippen LogP contribution in [0.1, 0.15) is 24.5 Å². The van der Waals surface area contributed by atoms with Gasteiger partial charge in [-0.05, 0) is 59.9 Å². The third kappa shape index (κ3) is 4.73. The smallest absolute Gasteiger partial charge is 0.413 e. The predicted octanol–water partition coefficient (Wildman–Crippen LogP) is 5.88. The highest BCUT2D eigenvalue weighted by atomic mass is 35.5. The van der Waals surface area contributed by atoms with Crippen LogP contribution in [0.3, 0.4) is 0 Å². The second-order valence-electron chi connectivity index (χ2n) is 6.91. The first-order valence-corrected chi connectivity index (χ1v) is 9.57. The maximum atomic E-state index is 13.3. The van der Waals surface area contributed by atoms with Crippen molar-refractivity contribution < 1.29 is 17.9 Å². The van der Waals surface area contributed by atoms with Crippen LogP contribution in [-0.4, -0.2) is 6.18 Å². The Morgan fingerprint density at radius 3 is 2.54 bits per heavy atom. The van der Waals surface area contributed by atoms with Gasteiger partial charge in [-0.1, -0.05) is 54.4 Å². The molecule has 1 nitrogen and oxygen atoms in total. The fourth-order valence-corrected chi connectivity index (χ4v) is 3.51.